The second kappa shape index (κ2) is 3.58. The topological polar surface area (TPSA) is 0 Å². The van der Waals surface area contributed by atoms with E-state index in [1.807, 2.05) is 29.5 Å². The van der Waals surface area contributed by atoms with Crippen molar-refractivity contribution in [2.75, 3.05) is 0 Å². The number of halogens is 4. The molecule has 0 atom stereocenters. The first-order chi connectivity index (χ1) is 5.04. The molecule has 0 bridgehead atoms. The maximum absolute atomic E-state index is 13.0. The van der Waals surface area contributed by atoms with Crippen LogP contribution >= 0.6 is 50.1 Å². The van der Waals surface area contributed by atoms with E-state index in [1.165, 1.54) is 0 Å². The fraction of sp³-hybridized carbons (Fsp3) is 0.143. The first-order valence-corrected chi connectivity index (χ1v) is 5.08. The second-order valence-electron chi connectivity index (χ2n) is 2.12. The molecule has 0 radical (unpaired) electrons. The quantitative estimate of drug-likeness (QED) is 0.375. The highest BCUT2D eigenvalue weighted by Crippen LogP contribution is 2.30. The molecule has 4 heteroatoms. The van der Waals surface area contributed by atoms with Crippen molar-refractivity contribution in [2.45, 2.75) is 6.92 Å². The van der Waals surface area contributed by atoms with Crippen LogP contribution in [0.1, 0.15) is 5.56 Å². The molecule has 1 aromatic rings. The van der Waals surface area contributed by atoms with Gasteiger partial charge in [0.05, 0.1) is 8.59 Å². The van der Waals surface area contributed by atoms with E-state index in [0.29, 0.717) is 3.57 Å². The molecule has 0 saturated heterocycles. The Bertz CT molecular complexity index is 275. The summed E-state index contributed by atoms with van der Waals surface area (Å²) in [5.41, 5.74) is 0.945. The van der Waals surface area contributed by atoms with Gasteiger partial charge in [-0.2, -0.15) is 0 Å². The van der Waals surface area contributed by atoms with Crippen LogP contribution in [-0.4, -0.2) is 0 Å². The van der Waals surface area contributed by atoms with Crippen LogP contribution in [0.5, 0.6) is 0 Å². The Morgan fingerprint density at radius 1 is 1.64 bits per heavy atom. The van der Waals surface area contributed by atoms with Crippen molar-refractivity contribution in [3.8, 4) is 0 Å². The smallest absolute Gasteiger partial charge is 0.156 e. The minimum Gasteiger partial charge on any atom is -0.204 e. The van der Waals surface area contributed by atoms with Crippen molar-refractivity contribution >= 4 is 50.1 Å². The summed E-state index contributed by atoms with van der Waals surface area (Å²) in [5.74, 6) is -0.357. The number of hydrogen-bond acceptors (Lipinski definition) is 0. The van der Waals surface area contributed by atoms with Crippen molar-refractivity contribution in [2.24, 2.45) is 0 Å². The zero-order valence-electron chi connectivity index (χ0n) is 5.59. The van der Waals surface area contributed by atoms with E-state index in [0.717, 1.165) is 10.0 Å². The van der Waals surface area contributed by atoms with E-state index in [1.54, 1.807) is 6.07 Å². The molecule has 60 valence electrons. The third-order valence-electron chi connectivity index (χ3n) is 1.28. The van der Waals surface area contributed by atoms with E-state index in [-0.39, 0.29) is 10.8 Å². The zero-order valence-corrected chi connectivity index (χ0v) is 10.1. The highest BCUT2D eigenvalue weighted by molar-refractivity contribution is 14.1. The number of hydrogen-bond donors (Lipinski definition) is 0. The average molecular weight is 349 g/mol. The Morgan fingerprint density at radius 2 is 2.18 bits per heavy atom. The molecule has 0 aliphatic rings. The van der Waals surface area contributed by atoms with Crippen LogP contribution in [0, 0.1) is 16.3 Å². The maximum Gasteiger partial charge on any atom is 0.156 e. The zero-order chi connectivity index (χ0) is 8.59. The molecule has 0 saturated carbocycles. The molecule has 0 heterocycles. The van der Waals surface area contributed by atoms with Gasteiger partial charge in [0, 0.05) is 4.47 Å². The highest BCUT2D eigenvalue weighted by atomic mass is 127. The Kier molecular flexibility index (Phi) is 3.17. The average Bonchev–Trinajstić information content (AvgIpc) is 1.97. The van der Waals surface area contributed by atoms with Gasteiger partial charge in [0.2, 0.25) is 0 Å². The summed E-state index contributed by atoms with van der Waals surface area (Å²) in [4.78, 5) is 0. The van der Waals surface area contributed by atoms with Crippen molar-refractivity contribution in [1.82, 2.24) is 0 Å². The summed E-state index contributed by atoms with van der Waals surface area (Å²) in [7, 11) is 0. The van der Waals surface area contributed by atoms with Gasteiger partial charge in [0.1, 0.15) is 0 Å². The molecule has 0 spiro atoms. The SMILES string of the molecule is Cc1cc(Cl)c(F)c(I)c1Br. The molecule has 0 aliphatic carbocycles. The van der Waals surface area contributed by atoms with Crippen LogP contribution in [0.3, 0.4) is 0 Å². The van der Waals surface area contributed by atoms with Crippen molar-refractivity contribution < 1.29 is 4.39 Å². The summed E-state index contributed by atoms with van der Waals surface area (Å²) in [6.07, 6.45) is 0. The highest BCUT2D eigenvalue weighted by Gasteiger charge is 2.10. The van der Waals surface area contributed by atoms with Crippen molar-refractivity contribution in [3.05, 3.63) is 30.5 Å². The molecule has 0 N–H and O–H groups in total. The Labute approximate surface area is 91.4 Å². The fourth-order valence-electron chi connectivity index (χ4n) is 0.691. The fourth-order valence-corrected chi connectivity index (χ4v) is 2.11. The van der Waals surface area contributed by atoms with E-state index >= 15 is 0 Å². The van der Waals surface area contributed by atoms with Gasteiger partial charge >= 0.3 is 0 Å². The van der Waals surface area contributed by atoms with Gasteiger partial charge < -0.3 is 0 Å². The summed E-state index contributed by atoms with van der Waals surface area (Å²) in [6.45, 7) is 1.87. The molecule has 0 aliphatic heterocycles. The number of aryl methyl sites for hydroxylation is 1. The third kappa shape index (κ3) is 1.87. The van der Waals surface area contributed by atoms with Gasteiger partial charge in [-0.25, -0.2) is 4.39 Å². The minimum absolute atomic E-state index is 0.176. The van der Waals surface area contributed by atoms with Crippen LogP contribution in [0.25, 0.3) is 0 Å². The summed E-state index contributed by atoms with van der Waals surface area (Å²) >= 11 is 10.8. The lowest BCUT2D eigenvalue weighted by atomic mass is 10.2. The molecular weight excluding hydrogens is 345 g/mol. The lowest BCUT2D eigenvalue weighted by molar-refractivity contribution is 0.619. The molecule has 0 nitrogen and oxygen atoms in total. The van der Waals surface area contributed by atoms with Gasteiger partial charge in [-0.05, 0) is 57.1 Å². The summed E-state index contributed by atoms with van der Waals surface area (Å²) in [5, 5.41) is 0.176. The normalized spacial score (nSPS) is 10.3. The number of rotatable bonds is 0. The van der Waals surface area contributed by atoms with E-state index in [9.17, 15) is 4.39 Å². The van der Waals surface area contributed by atoms with E-state index in [2.05, 4.69) is 15.9 Å². The standard InChI is InChI=1S/C7H4BrClFI/c1-3-2-4(9)6(10)7(11)5(3)8/h2H,1H3. The van der Waals surface area contributed by atoms with Gasteiger partial charge in [-0.1, -0.05) is 11.6 Å². The first kappa shape index (κ1) is 9.74. The molecule has 1 rings (SSSR count). The molecule has 0 amide bonds. The van der Waals surface area contributed by atoms with Crippen molar-refractivity contribution in [3.63, 3.8) is 0 Å². The van der Waals surface area contributed by atoms with Gasteiger partial charge in [-0.3, -0.25) is 0 Å². The molecule has 0 unspecified atom stereocenters. The molecular formula is C7H4BrClFI. The molecule has 1 aromatic carbocycles. The summed E-state index contributed by atoms with van der Waals surface area (Å²) < 4.78 is 14.3. The molecule has 0 aromatic heterocycles. The maximum atomic E-state index is 13.0. The van der Waals surface area contributed by atoms with Crippen LogP contribution in [0.15, 0.2) is 10.5 Å². The first-order valence-electron chi connectivity index (χ1n) is 2.83. The Balaban J connectivity index is 3.46. The molecule has 0 fully saturated rings. The monoisotopic (exact) mass is 348 g/mol. The third-order valence-corrected chi connectivity index (χ3v) is 4.34. The van der Waals surface area contributed by atoms with Crippen LogP contribution in [0.2, 0.25) is 5.02 Å². The second-order valence-corrected chi connectivity index (χ2v) is 4.40. The Hall–Kier alpha value is 0.650. The van der Waals surface area contributed by atoms with Gasteiger partial charge in [0.25, 0.3) is 0 Å². The lowest BCUT2D eigenvalue weighted by Crippen LogP contribution is -1.88. The number of benzene rings is 1. The van der Waals surface area contributed by atoms with E-state index < -0.39 is 0 Å². The predicted molar refractivity (Wildman–Crippen MR) is 56.6 cm³/mol. The van der Waals surface area contributed by atoms with Crippen LogP contribution in [0.4, 0.5) is 4.39 Å². The lowest BCUT2D eigenvalue weighted by Gasteiger charge is -2.03. The summed E-state index contributed by atoms with van der Waals surface area (Å²) in [6, 6.07) is 1.60. The van der Waals surface area contributed by atoms with Gasteiger partial charge in [0.15, 0.2) is 5.82 Å². The predicted octanol–water partition coefficient (Wildman–Crippen LogP) is 4.15. The Morgan fingerprint density at radius 3 is 2.73 bits per heavy atom. The minimum atomic E-state index is -0.357. The van der Waals surface area contributed by atoms with Crippen LogP contribution < -0.4 is 0 Å². The van der Waals surface area contributed by atoms with Crippen LogP contribution in [-0.2, 0) is 0 Å². The van der Waals surface area contributed by atoms with Crippen molar-refractivity contribution in [1.29, 1.82) is 0 Å². The largest absolute Gasteiger partial charge is 0.204 e. The van der Waals surface area contributed by atoms with Gasteiger partial charge in [-0.15, -0.1) is 0 Å². The van der Waals surface area contributed by atoms with E-state index in [4.69, 9.17) is 11.6 Å². The molecule has 11 heavy (non-hydrogen) atoms.